The average Bonchev–Trinajstić information content (AvgIpc) is 2.18. The summed E-state index contributed by atoms with van der Waals surface area (Å²) in [4.78, 5) is 0. The first-order valence-electron chi connectivity index (χ1n) is 5.66. The van der Waals surface area contributed by atoms with Crippen LogP contribution in [0.4, 0.5) is 0 Å². The van der Waals surface area contributed by atoms with E-state index in [1.54, 1.807) is 0 Å². The molecular formula is C12H24O2. The van der Waals surface area contributed by atoms with Crippen LogP contribution in [0.5, 0.6) is 0 Å². The molecule has 0 aliphatic carbocycles. The number of aliphatic hydroxyl groups is 1. The Morgan fingerprint density at radius 3 is 2.57 bits per heavy atom. The molecule has 0 aliphatic heterocycles. The van der Waals surface area contributed by atoms with Gasteiger partial charge in [0.2, 0.25) is 0 Å². The molecule has 2 heteroatoms. The number of rotatable bonds is 9. The normalized spacial score (nSPS) is 15.1. The fourth-order valence-electron chi connectivity index (χ4n) is 1.54. The summed E-state index contributed by atoms with van der Waals surface area (Å²) in [5.41, 5.74) is 0. The predicted molar refractivity (Wildman–Crippen MR) is 60.4 cm³/mol. The Labute approximate surface area is 88.0 Å². The molecule has 0 saturated heterocycles. The van der Waals surface area contributed by atoms with E-state index in [0.29, 0.717) is 6.61 Å². The molecule has 2 unspecified atom stereocenters. The first kappa shape index (κ1) is 13.7. The molecule has 0 fully saturated rings. The van der Waals surface area contributed by atoms with Crippen molar-refractivity contribution < 1.29 is 9.84 Å². The summed E-state index contributed by atoms with van der Waals surface area (Å²) < 4.78 is 5.50. The summed E-state index contributed by atoms with van der Waals surface area (Å²) in [5, 5.41) is 9.84. The lowest BCUT2D eigenvalue weighted by atomic mass is 10.0. The van der Waals surface area contributed by atoms with Gasteiger partial charge in [0.25, 0.3) is 0 Å². The Morgan fingerprint density at radius 2 is 2.07 bits per heavy atom. The van der Waals surface area contributed by atoms with Crippen molar-refractivity contribution in [3.63, 3.8) is 0 Å². The van der Waals surface area contributed by atoms with Gasteiger partial charge in [-0.15, -0.1) is 6.58 Å². The van der Waals surface area contributed by atoms with Crippen LogP contribution in [-0.2, 0) is 4.74 Å². The van der Waals surface area contributed by atoms with E-state index < -0.39 is 0 Å². The Morgan fingerprint density at radius 1 is 1.36 bits per heavy atom. The molecule has 2 atom stereocenters. The van der Waals surface area contributed by atoms with Gasteiger partial charge in [0.1, 0.15) is 0 Å². The molecular weight excluding hydrogens is 176 g/mol. The van der Waals surface area contributed by atoms with Crippen molar-refractivity contribution >= 4 is 0 Å². The van der Waals surface area contributed by atoms with Crippen LogP contribution in [0, 0.1) is 0 Å². The maximum atomic E-state index is 9.84. The molecule has 84 valence electrons. The van der Waals surface area contributed by atoms with Gasteiger partial charge in [-0.3, -0.25) is 0 Å². The van der Waals surface area contributed by atoms with E-state index in [4.69, 9.17) is 4.74 Å². The van der Waals surface area contributed by atoms with Crippen molar-refractivity contribution in [1.82, 2.24) is 0 Å². The van der Waals surface area contributed by atoms with Gasteiger partial charge in [0.15, 0.2) is 0 Å². The lowest BCUT2D eigenvalue weighted by Gasteiger charge is -2.22. The highest BCUT2D eigenvalue weighted by atomic mass is 16.5. The lowest BCUT2D eigenvalue weighted by molar-refractivity contribution is -0.0405. The largest absolute Gasteiger partial charge is 0.390 e. The Kier molecular flexibility index (Phi) is 9.00. The summed E-state index contributed by atoms with van der Waals surface area (Å²) in [5.74, 6) is 0. The first-order chi connectivity index (χ1) is 6.76. The standard InChI is InChI=1S/C12H24O2/c1-4-7-8-10-11(13)12(9-5-2)14-6-3/h4,11-13H,1,5-10H2,2-3H3. The van der Waals surface area contributed by atoms with Gasteiger partial charge in [0, 0.05) is 6.61 Å². The van der Waals surface area contributed by atoms with Crippen molar-refractivity contribution in [3.8, 4) is 0 Å². The molecule has 0 aromatic rings. The second-order valence-corrected chi connectivity index (χ2v) is 3.57. The van der Waals surface area contributed by atoms with Crippen molar-refractivity contribution in [3.05, 3.63) is 12.7 Å². The van der Waals surface area contributed by atoms with Gasteiger partial charge in [-0.2, -0.15) is 0 Å². The zero-order chi connectivity index (χ0) is 10.8. The van der Waals surface area contributed by atoms with E-state index in [2.05, 4.69) is 13.5 Å². The molecule has 0 rings (SSSR count). The van der Waals surface area contributed by atoms with Crippen LogP contribution in [0.2, 0.25) is 0 Å². The molecule has 0 aliphatic rings. The number of aliphatic hydroxyl groups excluding tert-OH is 1. The van der Waals surface area contributed by atoms with Gasteiger partial charge in [-0.25, -0.2) is 0 Å². The Balaban J connectivity index is 3.74. The summed E-state index contributed by atoms with van der Waals surface area (Å²) in [6, 6.07) is 0. The highest BCUT2D eigenvalue weighted by Crippen LogP contribution is 2.13. The zero-order valence-electron chi connectivity index (χ0n) is 9.54. The Bertz CT molecular complexity index is 128. The summed E-state index contributed by atoms with van der Waals surface area (Å²) in [7, 11) is 0. The molecule has 14 heavy (non-hydrogen) atoms. The monoisotopic (exact) mass is 200 g/mol. The second-order valence-electron chi connectivity index (χ2n) is 3.57. The molecule has 0 aromatic heterocycles. The summed E-state index contributed by atoms with van der Waals surface area (Å²) in [6.45, 7) is 8.43. The SMILES string of the molecule is C=CCCCC(O)C(CCC)OCC. The topological polar surface area (TPSA) is 29.5 Å². The third-order valence-electron chi connectivity index (χ3n) is 2.29. The van der Waals surface area contributed by atoms with Crippen molar-refractivity contribution in [1.29, 1.82) is 0 Å². The minimum absolute atomic E-state index is 0.0230. The van der Waals surface area contributed by atoms with Crippen LogP contribution in [0.3, 0.4) is 0 Å². The maximum Gasteiger partial charge on any atom is 0.0833 e. The van der Waals surface area contributed by atoms with E-state index in [9.17, 15) is 5.11 Å². The third-order valence-corrected chi connectivity index (χ3v) is 2.29. The quantitative estimate of drug-likeness (QED) is 0.458. The summed E-state index contributed by atoms with van der Waals surface area (Å²) in [6.07, 6.45) is 6.40. The molecule has 1 N–H and O–H groups in total. The van der Waals surface area contributed by atoms with Crippen molar-refractivity contribution in [2.45, 2.75) is 58.2 Å². The fourth-order valence-corrected chi connectivity index (χ4v) is 1.54. The Hall–Kier alpha value is -0.340. The zero-order valence-corrected chi connectivity index (χ0v) is 9.54. The van der Waals surface area contributed by atoms with Crippen LogP contribution in [0.15, 0.2) is 12.7 Å². The average molecular weight is 200 g/mol. The van der Waals surface area contributed by atoms with Gasteiger partial charge < -0.3 is 9.84 Å². The molecule has 2 nitrogen and oxygen atoms in total. The van der Waals surface area contributed by atoms with Crippen LogP contribution >= 0.6 is 0 Å². The van der Waals surface area contributed by atoms with Crippen LogP contribution in [0.1, 0.15) is 46.0 Å². The van der Waals surface area contributed by atoms with E-state index in [1.165, 1.54) is 0 Å². The highest BCUT2D eigenvalue weighted by Gasteiger charge is 2.17. The van der Waals surface area contributed by atoms with Crippen LogP contribution in [-0.4, -0.2) is 23.9 Å². The molecule has 0 bridgehead atoms. The van der Waals surface area contributed by atoms with Crippen molar-refractivity contribution in [2.24, 2.45) is 0 Å². The van der Waals surface area contributed by atoms with E-state index in [0.717, 1.165) is 32.1 Å². The minimum atomic E-state index is -0.310. The number of ether oxygens (including phenoxy) is 1. The van der Waals surface area contributed by atoms with Gasteiger partial charge in [-0.05, 0) is 32.6 Å². The number of hydrogen-bond acceptors (Lipinski definition) is 2. The van der Waals surface area contributed by atoms with Gasteiger partial charge >= 0.3 is 0 Å². The summed E-state index contributed by atoms with van der Waals surface area (Å²) >= 11 is 0. The van der Waals surface area contributed by atoms with E-state index >= 15 is 0 Å². The lowest BCUT2D eigenvalue weighted by Crippen LogP contribution is -2.28. The third kappa shape index (κ3) is 6.17. The van der Waals surface area contributed by atoms with Crippen LogP contribution in [0.25, 0.3) is 0 Å². The number of unbranched alkanes of at least 4 members (excludes halogenated alkanes) is 1. The van der Waals surface area contributed by atoms with E-state index in [-0.39, 0.29) is 12.2 Å². The minimum Gasteiger partial charge on any atom is -0.390 e. The first-order valence-corrected chi connectivity index (χ1v) is 5.66. The fraction of sp³-hybridized carbons (Fsp3) is 0.833. The molecule has 0 saturated carbocycles. The maximum absolute atomic E-state index is 9.84. The van der Waals surface area contributed by atoms with Gasteiger partial charge in [-0.1, -0.05) is 19.4 Å². The smallest absolute Gasteiger partial charge is 0.0833 e. The number of allylic oxidation sites excluding steroid dienone is 1. The second kappa shape index (κ2) is 9.22. The molecule has 0 heterocycles. The highest BCUT2D eigenvalue weighted by molar-refractivity contribution is 4.72. The van der Waals surface area contributed by atoms with Gasteiger partial charge in [0.05, 0.1) is 12.2 Å². The number of hydrogen-bond donors (Lipinski definition) is 1. The van der Waals surface area contributed by atoms with E-state index in [1.807, 2.05) is 13.0 Å². The van der Waals surface area contributed by atoms with Crippen molar-refractivity contribution in [2.75, 3.05) is 6.61 Å². The molecule has 0 amide bonds. The molecule has 0 aromatic carbocycles. The van der Waals surface area contributed by atoms with Crippen LogP contribution < -0.4 is 0 Å². The molecule has 0 spiro atoms. The molecule has 0 radical (unpaired) electrons. The predicted octanol–water partition coefficient (Wildman–Crippen LogP) is 2.91.